The highest BCUT2D eigenvalue weighted by Crippen LogP contribution is 2.43. The van der Waals surface area contributed by atoms with Crippen molar-refractivity contribution >= 4 is 29.9 Å². The maximum Gasteiger partial charge on any atom is 0.387 e. The van der Waals surface area contributed by atoms with E-state index < -0.39 is 12.4 Å². The van der Waals surface area contributed by atoms with Crippen LogP contribution in [0.25, 0.3) is 0 Å². The van der Waals surface area contributed by atoms with Gasteiger partial charge in [0, 0.05) is 39.4 Å². The second-order valence-electron chi connectivity index (χ2n) is 6.47. The topological polar surface area (TPSA) is 54.9 Å². The van der Waals surface area contributed by atoms with E-state index >= 15 is 0 Å². The molecule has 1 fully saturated rings. The van der Waals surface area contributed by atoms with Crippen molar-refractivity contribution in [3.05, 3.63) is 29.6 Å². The summed E-state index contributed by atoms with van der Waals surface area (Å²) in [6, 6.07) is 3.86. The summed E-state index contributed by atoms with van der Waals surface area (Å²) >= 11 is 0. The number of aliphatic imine (C=N–C) groups is 1. The van der Waals surface area contributed by atoms with Crippen molar-refractivity contribution in [2.45, 2.75) is 38.8 Å². The van der Waals surface area contributed by atoms with E-state index in [1.54, 1.807) is 14.2 Å². The Balaban J connectivity index is 0.00000364. The molecule has 1 aliphatic rings. The highest BCUT2D eigenvalue weighted by atomic mass is 127. The lowest BCUT2D eigenvalue weighted by Crippen LogP contribution is -2.46. The molecule has 0 spiro atoms. The van der Waals surface area contributed by atoms with Gasteiger partial charge in [0.15, 0.2) is 5.96 Å². The molecule has 27 heavy (non-hydrogen) atoms. The van der Waals surface area contributed by atoms with E-state index in [1.165, 1.54) is 24.6 Å². The van der Waals surface area contributed by atoms with Gasteiger partial charge >= 0.3 is 6.61 Å². The number of benzene rings is 1. The van der Waals surface area contributed by atoms with Crippen LogP contribution in [0.3, 0.4) is 0 Å². The average Bonchev–Trinajstić information content (AvgIpc) is 2.57. The molecule has 1 aromatic carbocycles. The molecule has 0 aliphatic heterocycles. The Morgan fingerprint density at radius 1 is 1.30 bits per heavy atom. The highest BCUT2D eigenvalue weighted by molar-refractivity contribution is 14.0. The molecule has 0 unspecified atom stereocenters. The SMILES string of the molecule is CN=C(NCc1c(F)cccc1OC(F)F)NCC1(CCOC)CCC1.I. The van der Waals surface area contributed by atoms with Gasteiger partial charge in [-0.05, 0) is 36.8 Å². The van der Waals surface area contributed by atoms with Crippen LogP contribution in [0.4, 0.5) is 13.2 Å². The van der Waals surface area contributed by atoms with Crippen molar-refractivity contribution in [1.29, 1.82) is 0 Å². The zero-order valence-electron chi connectivity index (χ0n) is 15.6. The van der Waals surface area contributed by atoms with Gasteiger partial charge in [0.05, 0.1) is 0 Å². The molecular formula is C18H27F3IN3O2. The standard InChI is InChI=1S/C18H26F3N3O2.HI/c1-22-17(24-12-18(7-4-8-18)9-10-25-2)23-11-13-14(19)5-3-6-15(13)26-16(20)21;/h3,5-6,16H,4,7-12H2,1-2H3,(H2,22,23,24);1H. The Hall–Kier alpha value is -1.23. The maximum atomic E-state index is 14.0. The lowest BCUT2D eigenvalue weighted by molar-refractivity contribution is -0.0506. The normalized spacial score (nSPS) is 15.7. The minimum absolute atomic E-state index is 0. The third kappa shape index (κ3) is 7.02. The lowest BCUT2D eigenvalue weighted by atomic mass is 9.67. The van der Waals surface area contributed by atoms with Crippen LogP contribution in [0.15, 0.2) is 23.2 Å². The van der Waals surface area contributed by atoms with Crippen LogP contribution in [0.2, 0.25) is 0 Å². The van der Waals surface area contributed by atoms with Crippen LogP contribution in [0, 0.1) is 11.2 Å². The number of rotatable bonds is 9. The van der Waals surface area contributed by atoms with Gasteiger partial charge < -0.3 is 20.1 Å². The molecule has 9 heteroatoms. The summed E-state index contributed by atoms with van der Waals surface area (Å²) in [6.45, 7) is -1.59. The monoisotopic (exact) mass is 501 g/mol. The lowest BCUT2D eigenvalue weighted by Gasteiger charge is -2.42. The number of nitrogens with one attached hydrogen (secondary N) is 2. The van der Waals surface area contributed by atoms with Crippen LogP contribution in [0.1, 0.15) is 31.2 Å². The van der Waals surface area contributed by atoms with E-state index in [4.69, 9.17) is 4.74 Å². The molecule has 1 aromatic rings. The van der Waals surface area contributed by atoms with Crippen LogP contribution in [-0.2, 0) is 11.3 Å². The smallest absolute Gasteiger partial charge is 0.387 e. The van der Waals surface area contributed by atoms with Gasteiger partial charge in [-0.25, -0.2) is 4.39 Å². The van der Waals surface area contributed by atoms with Gasteiger partial charge in [0.2, 0.25) is 0 Å². The molecule has 154 valence electrons. The molecule has 0 atom stereocenters. The van der Waals surface area contributed by atoms with Crippen molar-refractivity contribution in [2.24, 2.45) is 10.4 Å². The van der Waals surface area contributed by atoms with Crippen LogP contribution in [-0.4, -0.2) is 39.9 Å². The van der Waals surface area contributed by atoms with Crippen LogP contribution >= 0.6 is 24.0 Å². The third-order valence-electron chi connectivity index (χ3n) is 4.83. The molecule has 1 aliphatic carbocycles. The molecular weight excluding hydrogens is 474 g/mol. The van der Waals surface area contributed by atoms with Crippen molar-refractivity contribution in [3.63, 3.8) is 0 Å². The van der Waals surface area contributed by atoms with E-state index in [0.29, 0.717) is 12.6 Å². The van der Waals surface area contributed by atoms with E-state index in [9.17, 15) is 13.2 Å². The number of nitrogens with zero attached hydrogens (tertiary/aromatic N) is 1. The fourth-order valence-electron chi connectivity index (χ4n) is 3.09. The summed E-state index contributed by atoms with van der Waals surface area (Å²) in [6.07, 6.45) is 4.41. The Kier molecular flexibility index (Phi) is 10.2. The fourth-order valence-corrected chi connectivity index (χ4v) is 3.09. The zero-order valence-corrected chi connectivity index (χ0v) is 17.9. The zero-order chi connectivity index (χ0) is 19.0. The summed E-state index contributed by atoms with van der Waals surface area (Å²) < 4.78 is 48.5. The summed E-state index contributed by atoms with van der Waals surface area (Å²) in [7, 11) is 3.30. The van der Waals surface area contributed by atoms with Crippen molar-refractivity contribution in [2.75, 3.05) is 27.3 Å². The first-order valence-electron chi connectivity index (χ1n) is 8.65. The van der Waals surface area contributed by atoms with Crippen LogP contribution in [0.5, 0.6) is 5.75 Å². The van der Waals surface area contributed by atoms with Gasteiger partial charge in [-0.3, -0.25) is 4.99 Å². The number of alkyl halides is 2. The highest BCUT2D eigenvalue weighted by Gasteiger charge is 2.36. The number of hydrogen-bond donors (Lipinski definition) is 2. The minimum atomic E-state index is -3.01. The number of ether oxygens (including phenoxy) is 2. The molecule has 0 bridgehead atoms. The molecule has 5 nitrogen and oxygen atoms in total. The van der Waals surface area contributed by atoms with Crippen molar-refractivity contribution in [3.8, 4) is 5.75 Å². The van der Waals surface area contributed by atoms with E-state index in [1.807, 2.05) is 0 Å². The van der Waals surface area contributed by atoms with E-state index in [-0.39, 0.29) is 47.2 Å². The number of guanidine groups is 1. The molecule has 0 amide bonds. The molecule has 1 saturated carbocycles. The molecule has 0 aromatic heterocycles. The van der Waals surface area contributed by atoms with Gasteiger partial charge in [0.1, 0.15) is 11.6 Å². The van der Waals surface area contributed by atoms with Gasteiger partial charge in [-0.2, -0.15) is 8.78 Å². The first kappa shape index (κ1) is 23.8. The summed E-state index contributed by atoms with van der Waals surface area (Å²) in [5.74, 6) is -0.305. The number of halogens is 4. The second-order valence-corrected chi connectivity index (χ2v) is 6.47. The van der Waals surface area contributed by atoms with Gasteiger partial charge in [-0.1, -0.05) is 12.5 Å². The van der Waals surface area contributed by atoms with E-state index in [2.05, 4.69) is 20.4 Å². The Morgan fingerprint density at radius 2 is 2.04 bits per heavy atom. The van der Waals surface area contributed by atoms with Crippen LogP contribution < -0.4 is 15.4 Å². The third-order valence-corrected chi connectivity index (χ3v) is 4.83. The largest absolute Gasteiger partial charge is 0.434 e. The Morgan fingerprint density at radius 3 is 2.59 bits per heavy atom. The van der Waals surface area contributed by atoms with Gasteiger partial charge in [-0.15, -0.1) is 24.0 Å². The summed E-state index contributed by atoms with van der Waals surface area (Å²) in [5, 5.41) is 6.20. The number of hydrogen-bond acceptors (Lipinski definition) is 3. The molecule has 2 N–H and O–H groups in total. The minimum Gasteiger partial charge on any atom is -0.434 e. The quantitative estimate of drug-likeness (QED) is 0.306. The molecule has 0 saturated heterocycles. The molecule has 0 heterocycles. The Labute approximate surface area is 175 Å². The first-order valence-corrected chi connectivity index (χ1v) is 8.65. The number of methoxy groups -OCH3 is 1. The second kappa shape index (κ2) is 11.6. The van der Waals surface area contributed by atoms with Gasteiger partial charge in [0.25, 0.3) is 0 Å². The van der Waals surface area contributed by atoms with E-state index in [0.717, 1.165) is 25.8 Å². The molecule has 2 rings (SSSR count). The predicted octanol–water partition coefficient (Wildman–Crippen LogP) is 3.92. The maximum absolute atomic E-state index is 14.0. The summed E-state index contributed by atoms with van der Waals surface area (Å²) in [5.41, 5.74) is 0.226. The Bertz CT molecular complexity index is 614. The average molecular weight is 501 g/mol. The molecule has 0 radical (unpaired) electrons. The predicted molar refractivity (Wildman–Crippen MR) is 109 cm³/mol. The first-order chi connectivity index (χ1) is 12.5. The van der Waals surface area contributed by atoms with Crippen molar-refractivity contribution < 1.29 is 22.6 Å². The van der Waals surface area contributed by atoms with Crippen molar-refractivity contribution in [1.82, 2.24) is 10.6 Å². The summed E-state index contributed by atoms with van der Waals surface area (Å²) in [4.78, 5) is 4.12. The fraction of sp³-hybridized carbons (Fsp3) is 0.611.